The predicted molar refractivity (Wildman–Crippen MR) is 79.0 cm³/mol. The number of hydrogen-bond donors (Lipinski definition) is 1. The molecule has 0 bridgehead atoms. The predicted octanol–water partition coefficient (Wildman–Crippen LogP) is 4.87. The van der Waals surface area contributed by atoms with E-state index in [1.54, 1.807) is 6.07 Å². The number of para-hydroxylation sites is 1. The number of anilines is 1. The normalized spacial score (nSPS) is 10.8. The monoisotopic (exact) mass is 257 g/mol. The summed E-state index contributed by atoms with van der Waals surface area (Å²) in [5.41, 5.74) is 4.13. The van der Waals surface area contributed by atoms with E-state index in [4.69, 9.17) is 0 Å². The molecular formula is C17H20FN. The molecule has 1 nitrogen and oxygen atoms in total. The van der Waals surface area contributed by atoms with Crippen LogP contribution >= 0.6 is 0 Å². The van der Waals surface area contributed by atoms with E-state index in [0.717, 1.165) is 11.3 Å². The zero-order chi connectivity index (χ0) is 13.8. The van der Waals surface area contributed by atoms with Gasteiger partial charge in [0.15, 0.2) is 0 Å². The summed E-state index contributed by atoms with van der Waals surface area (Å²) in [6.45, 7) is 6.81. The molecule has 2 aromatic carbocycles. The summed E-state index contributed by atoms with van der Waals surface area (Å²) in [5, 5.41) is 3.34. The van der Waals surface area contributed by atoms with Crippen LogP contribution in [0.25, 0.3) is 0 Å². The Morgan fingerprint density at radius 1 is 1.11 bits per heavy atom. The second kappa shape index (κ2) is 5.87. The Morgan fingerprint density at radius 3 is 2.58 bits per heavy atom. The van der Waals surface area contributed by atoms with Gasteiger partial charge in [0.25, 0.3) is 0 Å². The summed E-state index contributed by atoms with van der Waals surface area (Å²) < 4.78 is 13.7. The molecule has 0 spiro atoms. The molecule has 0 aliphatic heterocycles. The van der Waals surface area contributed by atoms with E-state index in [9.17, 15) is 4.39 Å². The first-order chi connectivity index (χ1) is 9.08. The molecule has 0 aromatic heterocycles. The van der Waals surface area contributed by atoms with Crippen LogP contribution in [0.4, 0.5) is 10.1 Å². The molecule has 0 saturated heterocycles. The van der Waals surface area contributed by atoms with Crippen molar-refractivity contribution in [1.82, 2.24) is 0 Å². The summed E-state index contributed by atoms with van der Waals surface area (Å²) >= 11 is 0. The van der Waals surface area contributed by atoms with Gasteiger partial charge < -0.3 is 5.32 Å². The van der Waals surface area contributed by atoms with Gasteiger partial charge in [0, 0.05) is 17.8 Å². The van der Waals surface area contributed by atoms with Crippen LogP contribution in [0.5, 0.6) is 0 Å². The van der Waals surface area contributed by atoms with Gasteiger partial charge in [0.05, 0.1) is 0 Å². The Kier molecular flexibility index (Phi) is 4.20. The first-order valence-corrected chi connectivity index (χ1v) is 6.65. The van der Waals surface area contributed by atoms with Crippen molar-refractivity contribution in [3.63, 3.8) is 0 Å². The summed E-state index contributed by atoms with van der Waals surface area (Å²) in [7, 11) is 0. The summed E-state index contributed by atoms with van der Waals surface area (Å²) in [6.07, 6.45) is 0. The van der Waals surface area contributed by atoms with E-state index in [2.05, 4.69) is 25.2 Å². The first-order valence-electron chi connectivity index (χ1n) is 6.65. The second-order valence-electron chi connectivity index (χ2n) is 5.19. The van der Waals surface area contributed by atoms with Gasteiger partial charge in [-0.1, -0.05) is 49.7 Å². The molecule has 0 amide bonds. The van der Waals surface area contributed by atoms with E-state index in [1.807, 2.05) is 31.2 Å². The highest BCUT2D eigenvalue weighted by Crippen LogP contribution is 2.24. The zero-order valence-electron chi connectivity index (χ0n) is 11.7. The van der Waals surface area contributed by atoms with E-state index in [-0.39, 0.29) is 5.82 Å². The Balaban J connectivity index is 2.17. The molecule has 0 atom stereocenters. The number of benzene rings is 2. The van der Waals surface area contributed by atoms with E-state index in [1.165, 1.54) is 11.6 Å². The van der Waals surface area contributed by atoms with Crippen LogP contribution in [-0.4, -0.2) is 0 Å². The van der Waals surface area contributed by atoms with Gasteiger partial charge in [-0.05, 0) is 30.5 Å². The highest BCUT2D eigenvalue weighted by atomic mass is 19.1. The lowest BCUT2D eigenvalue weighted by Crippen LogP contribution is -2.05. The largest absolute Gasteiger partial charge is 0.381 e. The average Bonchev–Trinajstić information content (AvgIpc) is 2.40. The lowest BCUT2D eigenvalue weighted by Gasteiger charge is -2.15. The van der Waals surface area contributed by atoms with Crippen molar-refractivity contribution in [3.8, 4) is 0 Å². The molecule has 0 heterocycles. The van der Waals surface area contributed by atoms with Gasteiger partial charge in [-0.2, -0.15) is 0 Å². The molecule has 0 radical (unpaired) electrons. The molecule has 0 aliphatic rings. The molecule has 0 fully saturated rings. The van der Waals surface area contributed by atoms with Crippen molar-refractivity contribution in [2.75, 3.05) is 5.32 Å². The van der Waals surface area contributed by atoms with Crippen molar-refractivity contribution >= 4 is 5.69 Å². The Hall–Kier alpha value is -1.83. The number of hydrogen-bond acceptors (Lipinski definition) is 1. The Bertz CT molecular complexity index is 561. The van der Waals surface area contributed by atoms with Crippen LogP contribution in [0.15, 0.2) is 42.5 Å². The smallest absolute Gasteiger partial charge is 0.128 e. The van der Waals surface area contributed by atoms with Crippen LogP contribution in [0.1, 0.15) is 36.5 Å². The maximum Gasteiger partial charge on any atom is 0.128 e. The molecule has 0 saturated carbocycles. The topological polar surface area (TPSA) is 12.0 Å². The van der Waals surface area contributed by atoms with Crippen LogP contribution in [0.2, 0.25) is 0 Å². The van der Waals surface area contributed by atoms with E-state index in [0.29, 0.717) is 18.0 Å². The molecule has 100 valence electrons. The zero-order valence-corrected chi connectivity index (χ0v) is 11.7. The molecule has 0 aliphatic carbocycles. The summed E-state index contributed by atoms with van der Waals surface area (Å²) in [6, 6.07) is 13.4. The van der Waals surface area contributed by atoms with Gasteiger partial charge in [0.1, 0.15) is 5.82 Å². The third-order valence-electron chi connectivity index (χ3n) is 3.25. The third kappa shape index (κ3) is 3.34. The van der Waals surface area contributed by atoms with Gasteiger partial charge in [-0.3, -0.25) is 0 Å². The lowest BCUT2D eigenvalue weighted by atomic mass is 10.0. The van der Waals surface area contributed by atoms with Gasteiger partial charge in [-0.15, -0.1) is 0 Å². The number of halogens is 1. The van der Waals surface area contributed by atoms with Crippen molar-refractivity contribution in [1.29, 1.82) is 0 Å². The van der Waals surface area contributed by atoms with Gasteiger partial charge in [-0.25, -0.2) is 4.39 Å². The molecule has 1 N–H and O–H groups in total. The molecule has 0 unspecified atom stereocenters. The second-order valence-corrected chi connectivity index (χ2v) is 5.19. The van der Waals surface area contributed by atoms with Gasteiger partial charge in [0.2, 0.25) is 0 Å². The van der Waals surface area contributed by atoms with Gasteiger partial charge >= 0.3 is 0 Å². The van der Waals surface area contributed by atoms with Crippen LogP contribution in [0.3, 0.4) is 0 Å². The molecule has 19 heavy (non-hydrogen) atoms. The number of aryl methyl sites for hydroxylation is 1. The minimum Gasteiger partial charge on any atom is -0.381 e. The highest BCUT2D eigenvalue weighted by molar-refractivity contribution is 5.52. The SMILES string of the molecule is Cc1ccc(F)c(CNc2ccccc2C(C)C)c1. The Morgan fingerprint density at radius 2 is 1.84 bits per heavy atom. The van der Waals surface area contributed by atoms with Crippen molar-refractivity contribution in [2.45, 2.75) is 33.2 Å². The fraction of sp³-hybridized carbons (Fsp3) is 0.294. The minimum atomic E-state index is -0.153. The van der Waals surface area contributed by atoms with Crippen LogP contribution in [0, 0.1) is 12.7 Å². The molecule has 2 rings (SSSR count). The first kappa shape index (κ1) is 13.6. The molecule has 2 heteroatoms. The van der Waals surface area contributed by atoms with E-state index < -0.39 is 0 Å². The Labute approximate surface area is 114 Å². The summed E-state index contributed by atoms with van der Waals surface area (Å²) in [5.74, 6) is 0.297. The standard InChI is InChI=1S/C17H20FN/c1-12(2)15-6-4-5-7-17(15)19-11-14-10-13(3)8-9-16(14)18/h4-10,12,19H,11H2,1-3H3. The van der Waals surface area contributed by atoms with Crippen molar-refractivity contribution in [3.05, 3.63) is 65.0 Å². The van der Waals surface area contributed by atoms with Crippen molar-refractivity contribution in [2.24, 2.45) is 0 Å². The average molecular weight is 257 g/mol. The maximum atomic E-state index is 13.7. The fourth-order valence-electron chi connectivity index (χ4n) is 2.19. The van der Waals surface area contributed by atoms with Crippen LogP contribution in [-0.2, 0) is 6.54 Å². The fourth-order valence-corrected chi connectivity index (χ4v) is 2.19. The lowest BCUT2D eigenvalue weighted by molar-refractivity contribution is 0.612. The molecule has 2 aromatic rings. The quantitative estimate of drug-likeness (QED) is 0.824. The summed E-state index contributed by atoms with van der Waals surface area (Å²) in [4.78, 5) is 0. The minimum absolute atomic E-state index is 0.153. The third-order valence-corrected chi connectivity index (χ3v) is 3.25. The highest BCUT2D eigenvalue weighted by Gasteiger charge is 2.07. The number of nitrogens with one attached hydrogen (secondary N) is 1. The van der Waals surface area contributed by atoms with E-state index >= 15 is 0 Å². The maximum absolute atomic E-state index is 13.7. The number of rotatable bonds is 4. The van der Waals surface area contributed by atoms with Crippen molar-refractivity contribution < 1.29 is 4.39 Å². The van der Waals surface area contributed by atoms with Crippen LogP contribution < -0.4 is 5.32 Å². The molecular weight excluding hydrogens is 237 g/mol.